The van der Waals surface area contributed by atoms with Crippen LogP contribution in [-0.4, -0.2) is 11.2 Å². The van der Waals surface area contributed by atoms with Crippen LogP contribution in [0.3, 0.4) is 0 Å². The van der Waals surface area contributed by atoms with E-state index in [4.69, 9.17) is 16.1 Å². The SMILES string of the molecule is Cc1cccc(Cl)c1NC(=O)Nc1onc(C)c1C. The molecule has 0 aliphatic heterocycles. The lowest BCUT2D eigenvalue weighted by Gasteiger charge is -2.10. The Morgan fingerprint density at radius 1 is 1.26 bits per heavy atom. The van der Waals surface area contributed by atoms with Gasteiger partial charge in [-0.25, -0.2) is 4.79 Å². The zero-order chi connectivity index (χ0) is 14.0. The highest BCUT2D eigenvalue weighted by atomic mass is 35.5. The number of anilines is 2. The summed E-state index contributed by atoms with van der Waals surface area (Å²) in [6.07, 6.45) is 0. The smallest absolute Gasteiger partial charge is 0.326 e. The number of hydrogen-bond acceptors (Lipinski definition) is 3. The summed E-state index contributed by atoms with van der Waals surface area (Å²) < 4.78 is 5.01. The molecule has 1 aromatic heterocycles. The number of carbonyl (C=O) groups is 1. The van der Waals surface area contributed by atoms with Crippen LogP contribution in [0, 0.1) is 20.8 Å². The van der Waals surface area contributed by atoms with Crippen LogP contribution in [0.2, 0.25) is 5.02 Å². The normalized spacial score (nSPS) is 10.3. The molecule has 0 aliphatic rings. The van der Waals surface area contributed by atoms with Gasteiger partial charge in [-0.1, -0.05) is 28.9 Å². The van der Waals surface area contributed by atoms with Crippen LogP contribution >= 0.6 is 11.6 Å². The number of nitrogens with zero attached hydrogens (tertiary/aromatic N) is 1. The van der Waals surface area contributed by atoms with E-state index < -0.39 is 6.03 Å². The second-order valence-corrected chi connectivity index (χ2v) is 4.64. The molecule has 5 nitrogen and oxygen atoms in total. The summed E-state index contributed by atoms with van der Waals surface area (Å²) in [7, 11) is 0. The van der Waals surface area contributed by atoms with E-state index in [1.165, 1.54) is 0 Å². The van der Waals surface area contributed by atoms with Crippen molar-refractivity contribution in [2.24, 2.45) is 0 Å². The first-order valence-corrected chi connectivity index (χ1v) is 6.13. The van der Waals surface area contributed by atoms with Crippen molar-refractivity contribution >= 4 is 29.2 Å². The van der Waals surface area contributed by atoms with Crippen molar-refractivity contribution in [1.29, 1.82) is 0 Å². The topological polar surface area (TPSA) is 67.2 Å². The molecule has 1 heterocycles. The number of halogens is 1. The van der Waals surface area contributed by atoms with Crippen LogP contribution in [-0.2, 0) is 0 Å². The molecule has 19 heavy (non-hydrogen) atoms. The van der Waals surface area contributed by atoms with Crippen LogP contribution in [0.4, 0.5) is 16.4 Å². The van der Waals surface area contributed by atoms with E-state index in [9.17, 15) is 4.79 Å². The van der Waals surface area contributed by atoms with Crippen molar-refractivity contribution in [1.82, 2.24) is 5.16 Å². The van der Waals surface area contributed by atoms with Crippen LogP contribution in [0.15, 0.2) is 22.7 Å². The summed E-state index contributed by atoms with van der Waals surface area (Å²) in [4.78, 5) is 11.9. The van der Waals surface area contributed by atoms with Gasteiger partial charge in [0.15, 0.2) is 0 Å². The summed E-state index contributed by atoms with van der Waals surface area (Å²) in [6, 6.07) is 4.99. The molecule has 0 saturated heterocycles. The maximum atomic E-state index is 11.9. The minimum absolute atomic E-state index is 0.333. The Hall–Kier alpha value is -2.01. The quantitative estimate of drug-likeness (QED) is 0.876. The molecule has 2 aromatic rings. The number of amides is 2. The van der Waals surface area contributed by atoms with Gasteiger partial charge >= 0.3 is 6.03 Å². The first kappa shape index (κ1) is 13.4. The molecule has 0 bridgehead atoms. The molecule has 2 N–H and O–H groups in total. The van der Waals surface area contributed by atoms with Crippen molar-refractivity contribution in [3.05, 3.63) is 40.0 Å². The third kappa shape index (κ3) is 2.88. The van der Waals surface area contributed by atoms with Gasteiger partial charge < -0.3 is 9.84 Å². The second kappa shape index (κ2) is 5.32. The summed E-state index contributed by atoms with van der Waals surface area (Å²) in [5.74, 6) is 0.333. The second-order valence-electron chi connectivity index (χ2n) is 4.23. The van der Waals surface area contributed by atoms with Gasteiger partial charge in [0.1, 0.15) is 0 Å². The lowest BCUT2D eigenvalue weighted by Crippen LogP contribution is -2.20. The fraction of sp³-hybridized carbons (Fsp3) is 0.231. The predicted molar refractivity (Wildman–Crippen MR) is 74.8 cm³/mol. The molecule has 0 saturated carbocycles. The molecular formula is C13H14ClN3O2. The van der Waals surface area contributed by atoms with Crippen molar-refractivity contribution in [3.8, 4) is 0 Å². The molecule has 0 radical (unpaired) electrons. The highest BCUT2D eigenvalue weighted by molar-refractivity contribution is 6.34. The van der Waals surface area contributed by atoms with E-state index in [-0.39, 0.29) is 0 Å². The number of rotatable bonds is 2. The Balaban J connectivity index is 2.12. The molecule has 2 amide bonds. The fourth-order valence-corrected chi connectivity index (χ4v) is 1.84. The minimum atomic E-state index is -0.421. The third-order valence-corrected chi connectivity index (χ3v) is 3.16. The van der Waals surface area contributed by atoms with Gasteiger partial charge in [0.25, 0.3) is 0 Å². The molecule has 0 fully saturated rings. The molecule has 6 heteroatoms. The summed E-state index contributed by atoms with van der Waals surface area (Å²) in [5.41, 5.74) is 3.00. The van der Waals surface area contributed by atoms with E-state index in [0.29, 0.717) is 16.6 Å². The van der Waals surface area contributed by atoms with Crippen molar-refractivity contribution in [2.75, 3.05) is 10.6 Å². The van der Waals surface area contributed by atoms with Gasteiger partial charge in [-0.3, -0.25) is 5.32 Å². The predicted octanol–water partition coefficient (Wildman–Crippen LogP) is 3.90. The van der Waals surface area contributed by atoms with E-state index >= 15 is 0 Å². The van der Waals surface area contributed by atoms with Gasteiger partial charge in [0.2, 0.25) is 5.88 Å². The number of carbonyl (C=O) groups excluding carboxylic acids is 1. The van der Waals surface area contributed by atoms with Gasteiger partial charge in [0, 0.05) is 5.56 Å². The van der Waals surface area contributed by atoms with Gasteiger partial charge in [-0.05, 0) is 32.4 Å². The standard InChI is InChI=1S/C13H14ClN3O2/c1-7-5-4-6-10(14)11(7)15-13(18)16-12-8(2)9(3)17-19-12/h4-6H,1-3H3,(H2,15,16,18). The average Bonchev–Trinajstić information content (AvgIpc) is 2.66. The number of para-hydroxylation sites is 1. The van der Waals surface area contributed by atoms with E-state index in [1.54, 1.807) is 13.0 Å². The maximum absolute atomic E-state index is 11.9. The summed E-state index contributed by atoms with van der Waals surface area (Å²) in [6.45, 7) is 5.49. The van der Waals surface area contributed by atoms with Crippen LogP contribution in [0.1, 0.15) is 16.8 Å². The van der Waals surface area contributed by atoms with Crippen LogP contribution in [0.25, 0.3) is 0 Å². The molecule has 0 aliphatic carbocycles. The lowest BCUT2D eigenvalue weighted by atomic mass is 10.2. The number of aromatic nitrogens is 1. The van der Waals surface area contributed by atoms with Gasteiger partial charge in [-0.15, -0.1) is 0 Å². The molecule has 100 valence electrons. The average molecular weight is 280 g/mol. The van der Waals surface area contributed by atoms with Crippen LogP contribution in [0.5, 0.6) is 0 Å². The molecule has 2 rings (SSSR count). The van der Waals surface area contributed by atoms with Crippen molar-refractivity contribution < 1.29 is 9.32 Å². The first-order chi connectivity index (χ1) is 8.99. The number of urea groups is 1. The Labute approximate surface area is 115 Å². The number of nitrogens with one attached hydrogen (secondary N) is 2. The van der Waals surface area contributed by atoms with Crippen molar-refractivity contribution in [2.45, 2.75) is 20.8 Å². The van der Waals surface area contributed by atoms with Gasteiger partial charge in [0.05, 0.1) is 16.4 Å². The Morgan fingerprint density at radius 3 is 2.58 bits per heavy atom. The minimum Gasteiger partial charge on any atom is -0.338 e. The fourth-order valence-electron chi connectivity index (χ4n) is 1.57. The summed E-state index contributed by atoms with van der Waals surface area (Å²) in [5, 5.41) is 9.54. The third-order valence-electron chi connectivity index (χ3n) is 2.84. The highest BCUT2D eigenvalue weighted by Gasteiger charge is 2.13. The summed E-state index contributed by atoms with van der Waals surface area (Å²) >= 11 is 6.03. The lowest BCUT2D eigenvalue weighted by molar-refractivity contribution is 0.261. The van der Waals surface area contributed by atoms with Crippen molar-refractivity contribution in [3.63, 3.8) is 0 Å². The molecular weight excluding hydrogens is 266 g/mol. The zero-order valence-electron chi connectivity index (χ0n) is 10.9. The maximum Gasteiger partial charge on any atom is 0.326 e. The Bertz CT molecular complexity index is 602. The zero-order valence-corrected chi connectivity index (χ0v) is 11.6. The molecule has 0 unspecified atom stereocenters. The molecule has 0 atom stereocenters. The largest absolute Gasteiger partial charge is 0.338 e. The van der Waals surface area contributed by atoms with E-state index in [1.807, 2.05) is 26.0 Å². The number of benzene rings is 1. The van der Waals surface area contributed by atoms with E-state index in [2.05, 4.69) is 15.8 Å². The highest BCUT2D eigenvalue weighted by Crippen LogP contribution is 2.25. The Kier molecular flexibility index (Phi) is 3.76. The van der Waals surface area contributed by atoms with Gasteiger partial charge in [-0.2, -0.15) is 0 Å². The number of aryl methyl sites for hydroxylation is 2. The van der Waals surface area contributed by atoms with E-state index in [0.717, 1.165) is 16.8 Å². The monoisotopic (exact) mass is 279 g/mol. The first-order valence-electron chi connectivity index (χ1n) is 5.75. The molecule has 0 spiro atoms. The molecule has 1 aromatic carbocycles. The number of hydrogen-bond donors (Lipinski definition) is 2. The van der Waals surface area contributed by atoms with Crippen LogP contribution < -0.4 is 10.6 Å². The Morgan fingerprint density at radius 2 is 2.00 bits per heavy atom.